The van der Waals surface area contributed by atoms with Crippen molar-refractivity contribution >= 4 is 11.6 Å². The molecule has 2 rings (SSSR count). The van der Waals surface area contributed by atoms with Gasteiger partial charge >= 0.3 is 0 Å². The Morgan fingerprint density at radius 2 is 2.21 bits per heavy atom. The van der Waals surface area contributed by atoms with Crippen molar-refractivity contribution in [3.05, 3.63) is 16.4 Å². The molecule has 2 heterocycles. The Bertz CT molecular complexity index is 408. The monoisotopic (exact) mass is 284 g/mol. The van der Waals surface area contributed by atoms with Crippen molar-refractivity contribution in [2.75, 3.05) is 20.1 Å². The van der Waals surface area contributed by atoms with Crippen LogP contribution < -0.4 is 5.32 Å². The first kappa shape index (κ1) is 14.8. The third-order valence-corrected chi connectivity index (χ3v) is 4.51. The minimum atomic E-state index is 0.644. The SMILES string of the molecule is CCc1nn(C)c(CN(C)C2CCCNCC2)c1Cl. The van der Waals surface area contributed by atoms with Crippen molar-refractivity contribution in [1.29, 1.82) is 0 Å². The highest BCUT2D eigenvalue weighted by Gasteiger charge is 2.20. The molecule has 0 aliphatic carbocycles. The Morgan fingerprint density at radius 1 is 1.42 bits per heavy atom. The van der Waals surface area contributed by atoms with Crippen molar-refractivity contribution in [2.24, 2.45) is 7.05 Å². The van der Waals surface area contributed by atoms with Gasteiger partial charge in [-0.3, -0.25) is 9.58 Å². The van der Waals surface area contributed by atoms with Gasteiger partial charge in [-0.1, -0.05) is 18.5 Å². The van der Waals surface area contributed by atoms with E-state index in [-0.39, 0.29) is 0 Å². The number of aryl methyl sites for hydroxylation is 2. The van der Waals surface area contributed by atoms with Gasteiger partial charge in [0, 0.05) is 19.6 Å². The average Bonchev–Trinajstić information content (AvgIpc) is 2.64. The van der Waals surface area contributed by atoms with E-state index in [0.717, 1.165) is 42.5 Å². The van der Waals surface area contributed by atoms with E-state index in [9.17, 15) is 0 Å². The maximum atomic E-state index is 6.42. The van der Waals surface area contributed by atoms with Crippen LogP contribution in [0.4, 0.5) is 0 Å². The zero-order chi connectivity index (χ0) is 13.8. The van der Waals surface area contributed by atoms with Crippen molar-refractivity contribution in [2.45, 2.75) is 45.2 Å². The topological polar surface area (TPSA) is 33.1 Å². The van der Waals surface area contributed by atoms with E-state index in [0.29, 0.717) is 6.04 Å². The van der Waals surface area contributed by atoms with Crippen molar-refractivity contribution in [3.63, 3.8) is 0 Å². The summed E-state index contributed by atoms with van der Waals surface area (Å²) < 4.78 is 1.94. The molecule has 1 unspecified atom stereocenters. The molecule has 0 bridgehead atoms. The highest BCUT2D eigenvalue weighted by Crippen LogP contribution is 2.23. The molecule has 1 aromatic rings. The van der Waals surface area contributed by atoms with E-state index in [2.05, 4.69) is 29.3 Å². The lowest BCUT2D eigenvalue weighted by Crippen LogP contribution is -2.32. The van der Waals surface area contributed by atoms with Gasteiger partial charge in [0.1, 0.15) is 0 Å². The summed E-state index contributed by atoms with van der Waals surface area (Å²) in [5.41, 5.74) is 2.15. The van der Waals surface area contributed by atoms with Gasteiger partial charge in [0.2, 0.25) is 0 Å². The summed E-state index contributed by atoms with van der Waals surface area (Å²) in [5.74, 6) is 0. The smallest absolute Gasteiger partial charge is 0.0863 e. The lowest BCUT2D eigenvalue weighted by Gasteiger charge is -2.26. The number of hydrogen-bond donors (Lipinski definition) is 1. The first-order chi connectivity index (χ1) is 9.13. The van der Waals surface area contributed by atoms with Gasteiger partial charge in [0.15, 0.2) is 0 Å². The Hall–Kier alpha value is -0.580. The molecular formula is C14H25ClN4. The minimum Gasteiger partial charge on any atom is -0.317 e. The third-order valence-electron chi connectivity index (χ3n) is 4.07. The Kier molecular flexibility index (Phi) is 5.25. The number of nitrogens with zero attached hydrogens (tertiary/aromatic N) is 3. The summed E-state index contributed by atoms with van der Waals surface area (Å²) in [5, 5.41) is 8.80. The Balaban J connectivity index is 2.05. The third kappa shape index (κ3) is 3.50. The molecule has 19 heavy (non-hydrogen) atoms. The highest BCUT2D eigenvalue weighted by molar-refractivity contribution is 6.31. The van der Waals surface area contributed by atoms with Crippen LogP contribution in [0.25, 0.3) is 0 Å². The Labute approximate surface area is 121 Å². The van der Waals surface area contributed by atoms with E-state index < -0.39 is 0 Å². The van der Waals surface area contributed by atoms with E-state index >= 15 is 0 Å². The number of aromatic nitrogens is 2. The molecule has 4 nitrogen and oxygen atoms in total. The maximum Gasteiger partial charge on any atom is 0.0863 e. The van der Waals surface area contributed by atoms with Gasteiger partial charge in [0.25, 0.3) is 0 Å². The quantitative estimate of drug-likeness (QED) is 0.920. The van der Waals surface area contributed by atoms with Crippen LogP contribution >= 0.6 is 11.6 Å². The number of halogens is 1. The molecular weight excluding hydrogens is 260 g/mol. The molecule has 5 heteroatoms. The van der Waals surface area contributed by atoms with Crippen molar-refractivity contribution < 1.29 is 0 Å². The maximum absolute atomic E-state index is 6.42. The van der Waals surface area contributed by atoms with E-state index in [1.165, 1.54) is 19.3 Å². The van der Waals surface area contributed by atoms with Crippen LogP contribution in [0.5, 0.6) is 0 Å². The normalized spacial score (nSPS) is 20.8. The molecule has 0 saturated carbocycles. The van der Waals surface area contributed by atoms with Crippen LogP contribution in [-0.2, 0) is 20.0 Å². The van der Waals surface area contributed by atoms with Gasteiger partial charge in [-0.15, -0.1) is 0 Å². The average molecular weight is 285 g/mol. The van der Waals surface area contributed by atoms with Crippen LogP contribution in [-0.4, -0.2) is 40.9 Å². The molecule has 1 atom stereocenters. The molecule has 1 aliphatic heterocycles. The summed E-state index contributed by atoms with van der Waals surface area (Å²) in [6.07, 6.45) is 4.63. The predicted molar refractivity (Wildman–Crippen MR) is 79.6 cm³/mol. The van der Waals surface area contributed by atoms with Crippen LogP contribution in [0.3, 0.4) is 0 Å². The molecule has 0 spiro atoms. The highest BCUT2D eigenvalue weighted by atomic mass is 35.5. The number of nitrogens with one attached hydrogen (secondary N) is 1. The van der Waals surface area contributed by atoms with Crippen molar-refractivity contribution in [1.82, 2.24) is 20.0 Å². The summed E-state index contributed by atoms with van der Waals surface area (Å²) in [6.45, 7) is 5.25. The molecule has 1 fully saturated rings. The lowest BCUT2D eigenvalue weighted by molar-refractivity contribution is 0.211. The van der Waals surface area contributed by atoms with E-state index in [4.69, 9.17) is 11.6 Å². The lowest BCUT2D eigenvalue weighted by atomic mass is 10.1. The zero-order valence-corrected chi connectivity index (χ0v) is 13.0. The summed E-state index contributed by atoms with van der Waals surface area (Å²) >= 11 is 6.42. The minimum absolute atomic E-state index is 0.644. The van der Waals surface area contributed by atoms with Gasteiger partial charge in [0.05, 0.1) is 16.4 Å². The molecule has 1 aromatic heterocycles. The number of rotatable bonds is 4. The fourth-order valence-electron chi connectivity index (χ4n) is 2.80. The van der Waals surface area contributed by atoms with E-state index in [1.54, 1.807) is 0 Å². The second kappa shape index (κ2) is 6.73. The van der Waals surface area contributed by atoms with Crippen LogP contribution in [0.2, 0.25) is 5.02 Å². The second-order valence-corrected chi connectivity index (χ2v) is 5.81. The summed E-state index contributed by atoms with van der Waals surface area (Å²) in [4.78, 5) is 2.43. The largest absolute Gasteiger partial charge is 0.317 e. The first-order valence-corrected chi connectivity index (χ1v) is 7.62. The first-order valence-electron chi connectivity index (χ1n) is 7.24. The molecule has 108 valence electrons. The van der Waals surface area contributed by atoms with Gasteiger partial charge in [-0.05, 0) is 45.8 Å². The van der Waals surface area contributed by atoms with Crippen LogP contribution in [0.15, 0.2) is 0 Å². The fraction of sp³-hybridized carbons (Fsp3) is 0.786. The van der Waals surface area contributed by atoms with Gasteiger partial charge in [-0.25, -0.2) is 0 Å². The van der Waals surface area contributed by atoms with Crippen LogP contribution in [0, 0.1) is 0 Å². The predicted octanol–water partition coefficient (Wildman–Crippen LogP) is 2.21. The fourth-order valence-corrected chi connectivity index (χ4v) is 3.15. The van der Waals surface area contributed by atoms with Gasteiger partial charge < -0.3 is 5.32 Å². The van der Waals surface area contributed by atoms with Crippen LogP contribution in [0.1, 0.15) is 37.6 Å². The summed E-state index contributed by atoms with van der Waals surface area (Å²) in [7, 11) is 4.19. The number of hydrogen-bond acceptors (Lipinski definition) is 3. The molecule has 0 radical (unpaired) electrons. The zero-order valence-electron chi connectivity index (χ0n) is 12.2. The Morgan fingerprint density at radius 3 is 2.89 bits per heavy atom. The summed E-state index contributed by atoms with van der Waals surface area (Å²) in [6, 6.07) is 0.644. The molecule has 1 N–H and O–H groups in total. The second-order valence-electron chi connectivity index (χ2n) is 5.43. The van der Waals surface area contributed by atoms with E-state index in [1.807, 2.05) is 11.7 Å². The van der Waals surface area contributed by atoms with Crippen molar-refractivity contribution in [3.8, 4) is 0 Å². The van der Waals surface area contributed by atoms with Gasteiger partial charge in [-0.2, -0.15) is 5.10 Å². The molecule has 0 amide bonds. The standard InChI is InChI=1S/C14H25ClN4/c1-4-12-14(15)13(19(3)17-12)10-18(2)11-6-5-8-16-9-7-11/h11,16H,4-10H2,1-3H3. The molecule has 1 aliphatic rings. The molecule has 0 aromatic carbocycles. The molecule has 1 saturated heterocycles.